The highest BCUT2D eigenvalue weighted by molar-refractivity contribution is 9.10. The van der Waals surface area contributed by atoms with Crippen molar-refractivity contribution in [3.63, 3.8) is 0 Å². The average molecular weight is 338 g/mol. The van der Waals surface area contributed by atoms with E-state index in [1.165, 1.54) is 0 Å². The van der Waals surface area contributed by atoms with E-state index in [0.717, 1.165) is 10.0 Å². The molecule has 2 rings (SSSR count). The number of anilines is 1. The van der Waals surface area contributed by atoms with Crippen molar-refractivity contribution in [1.82, 2.24) is 0 Å². The van der Waals surface area contributed by atoms with Gasteiger partial charge < -0.3 is 10.4 Å². The predicted octanol–water partition coefficient (Wildman–Crippen LogP) is 3.36. The normalized spacial score (nSPS) is 21.5. The molecule has 0 radical (unpaired) electrons. The van der Waals surface area contributed by atoms with Crippen molar-refractivity contribution in [2.75, 3.05) is 5.32 Å². The van der Waals surface area contributed by atoms with Crippen molar-refractivity contribution < 1.29 is 14.7 Å². The van der Waals surface area contributed by atoms with E-state index in [1.54, 1.807) is 6.07 Å². The third-order valence-electron chi connectivity index (χ3n) is 3.51. The number of aliphatic carboxylic acids is 1. The van der Waals surface area contributed by atoms with Gasteiger partial charge in [0.05, 0.1) is 11.8 Å². The molecule has 2 unspecified atom stereocenters. The van der Waals surface area contributed by atoms with Crippen LogP contribution in [-0.4, -0.2) is 17.0 Å². The second-order valence-electron chi connectivity index (χ2n) is 4.95. The molecule has 2 atom stereocenters. The minimum absolute atomic E-state index is 0.233. The highest BCUT2D eigenvalue weighted by Crippen LogP contribution is 2.28. The van der Waals surface area contributed by atoms with Crippen molar-refractivity contribution in [2.24, 2.45) is 11.8 Å². The van der Waals surface area contributed by atoms with Crippen LogP contribution in [0.2, 0.25) is 0 Å². The lowest BCUT2D eigenvalue weighted by Gasteiger charge is -2.24. The van der Waals surface area contributed by atoms with E-state index in [0.29, 0.717) is 18.5 Å². The molecule has 1 aliphatic carbocycles. The van der Waals surface area contributed by atoms with Gasteiger partial charge in [-0.3, -0.25) is 9.59 Å². The van der Waals surface area contributed by atoms with Crippen molar-refractivity contribution in [1.29, 1.82) is 0 Å². The number of halogens is 1. The van der Waals surface area contributed by atoms with E-state index in [1.807, 2.05) is 31.2 Å². The Hall–Kier alpha value is -1.62. The fraction of sp³-hybridized carbons (Fsp3) is 0.333. The lowest BCUT2D eigenvalue weighted by atomic mass is 9.82. The van der Waals surface area contributed by atoms with Crippen molar-refractivity contribution in [2.45, 2.75) is 19.8 Å². The van der Waals surface area contributed by atoms with Crippen molar-refractivity contribution in [3.05, 3.63) is 40.4 Å². The largest absolute Gasteiger partial charge is 0.481 e. The summed E-state index contributed by atoms with van der Waals surface area (Å²) in [5.74, 6) is -2.30. The van der Waals surface area contributed by atoms with Gasteiger partial charge in [-0.05, 0) is 43.5 Å². The summed E-state index contributed by atoms with van der Waals surface area (Å²) in [6.45, 7) is 1.93. The Kier molecular flexibility index (Phi) is 4.60. The zero-order valence-electron chi connectivity index (χ0n) is 11.1. The lowest BCUT2D eigenvalue weighted by Crippen LogP contribution is -2.34. The van der Waals surface area contributed by atoms with Gasteiger partial charge in [-0.1, -0.05) is 28.1 Å². The van der Waals surface area contributed by atoms with Gasteiger partial charge in [0.2, 0.25) is 5.91 Å². The molecule has 4 nitrogen and oxygen atoms in total. The summed E-state index contributed by atoms with van der Waals surface area (Å²) in [7, 11) is 0. The Bertz CT molecular complexity index is 568. The number of nitrogens with one attached hydrogen (secondary N) is 1. The first kappa shape index (κ1) is 14.8. The summed E-state index contributed by atoms with van der Waals surface area (Å²) in [4.78, 5) is 23.5. The number of allylic oxidation sites excluding steroid dienone is 2. The van der Waals surface area contributed by atoms with Gasteiger partial charge in [-0.25, -0.2) is 0 Å². The minimum atomic E-state index is -0.915. The molecule has 0 bridgehead atoms. The number of carbonyl (C=O) groups excluding carboxylic acids is 1. The molecule has 0 saturated carbocycles. The second-order valence-corrected chi connectivity index (χ2v) is 5.80. The smallest absolute Gasteiger partial charge is 0.307 e. The summed E-state index contributed by atoms with van der Waals surface area (Å²) < 4.78 is 0.972. The Morgan fingerprint density at radius 1 is 1.25 bits per heavy atom. The van der Waals surface area contributed by atoms with Crippen LogP contribution in [0.25, 0.3) is 0 Å². The third-order valence-corrected chi connectivity index (χ3v) is 4.40. The van der Waals surface area contributed by atoms with E-state index in [9.17, 15) is 14.7 Å². The maximum Gasteiger partial charge on any atom is 0.307 e. The second kappa shape index (κ2) is 6.22. The molecular formula is C15H16BrNO3. The van der Waals surface area contributed by atoms with E-state index >= 15 is 0 Å². The third kappa shape index (κ3) is 3.28. The van der Waals surface area contributed by atoms with Gasteiger partial charge in [0.25, 0.3) is 0 Å². The molecule has 0 heterocycles. The Morgan fingerprint density at radius 2 is 1.90 bits per heavy atom. The number of rotatable bonds is 3. The number of carboxylic acids is 1. The number of hydrogen-bond acceptors (Lipinski definition) is 2. The first-order chi connectivity index (χ1) is 9.49. The standard InChI is InChI=1S/C15H16BrNO3/c1-9-8-10(6-7-13(9)16)17-14(18)11-4-2-3-5-12(11)15(19)20/h2-3,6-8,11-12H,4-5H2,1H3,(H,17,18)(H,19,20). The average Bonchev–Trinajstić information content (AvgIpc) is 2.43. The van der Waals surface area contributed by atoms with Gasteiger partial charge in [-0.2, -0.15) is 0 Å². The van der Waals surface area contributed by atoms with Gasteiger partial charge in [0.1, 0.15) is 0 Å². The molecule has 106 valence electrons. The van der Waals surface area contributed by atoms with Crippen LogP contribution in [0.15, 0.2) is 34.8 Å². The van der Waals surface area contributed by atoms with Crippen LogP contribution in [-0.2, 0) is 9.59 Å². The highest BCUT2D eigenvalue weighted by Gasteiger charge is 2.33. The molecule has 1 amide bonds. The molecule has 0 saturated heterocycles. The van der Waals surface area contributed by atoms with Crippen LogP contribution in [0, 0.1) is 18.8 Å². The van der Waals surface area contributed by atoms with Crippen LogP contribution in [0.5, 0.6) is 0 Å². The summed E-state index contributed by atoms with van der Waals surface area (Å²) in [6, 6.07) is 5.51. The molecule has 2 N–H and O–H groups in total. The molecular weight excluding hydrogens is 322 g/mol. The van der Waals surface area contributed by atoms with Crippen LogP contribution >= 0.6 is 15.9 Å². The molecule has 0 fully saturated rings. The first-order valence-electron chi connectivity index (χ1n) is 6.44. The first-order valence-corrected chi connectivity index (χ1v) is 7.23. The Balaban J connectivity index is 2.12. The Morgan fingerprint density at radius 3 is 2.50 bits per heavy atom. The summed E-state index contributed by atoms with van der Waals surface area (Å²) in [5.41, 5.74) is 1.70. The number of benzene rings is 1. The molecule has 0 spiro atoms. The molecule has 20 heavy (non-hydrogen) atoms. The highest BCUT2D eigenvalue weighted by atomic mass is 79.9. The topological polar surface area (TPSA) is 66.4 Å². The number of hydrogen-bond donors (Lipinski definition) is 2. The van der Waals surface area contributed by atoms with Crippen LogP contribution in [0.3, 0.4) is 0 Å². The van der Waals surface area contributed by atoms with Gasteiger partial charge in [-0.15, -0.1) is 0 Å². The van der Waals surface area contributed by atoms with Crippen LogP contribution < -0.4 is 5.32 Å². The van der Waals surface area contributed by atoms with Crippen LogP contribution in [0.4, 0.5) is 5.69 Å². The maximum absolute atomic E-state index is 12.3. The minimum Gasteiger partial charge on any atom is -0.481 e. The predicted molar refractivity (Wildman–Crippen MR) is 80.5 cm³/mol. The van der Waals surface area contributed by atoms with Crippen molar-refractivity contribution >= 4 is 33.5 Å². The quantitative estimate of drug-likeness (QED) is 0.831. The van der Waals surface area contributed by atoms with Gasteiger partial charge in [0, 0.05) is 10.2 Å². The fourth-order valence-corrected chi connectivity index (χ4v) is 2.58. The summed E-state index contributed by atoms with van der Waals surface area (Å²) in [6.07, 6.45) is 4.58. The van der Waals surface area contributed by atoms with E-state index in [4.69, 9.17) is 0 Å². The summed E-state index contributed by atoms with van der Waals surface area (Å²) in [5, 5.41) is 12.0. The van der Waals surface area contributed by atoms with Gasteiger partial charge in [0.15, 0.2) is 0 Å². The lowest BCUT2D eigenvalue weighted by molar-refractivity contribution is -0.146. The Labute approximate surface area is 126 Å². The SMILES string of the molecule is Cc1cc(NC(=O)C2CC=CCC2C(=O)O)ccc1Br. The van der Waals surface area contributed by atoms with E-state index in [-0.39, 0.29) is 5.91 Å². The van der Waals surface area contributed by atoms with E-state index in [2.05, 4.69) is 21.2 Å². The molecule has 5 heteroatoms. The van der Waals surface area contributed by atoms with E-state index < -0.39 is 17.8 Å². The molecule has 1 aromatic carbocycles. The molecule has 1 aromatic rings. The molecule has 0 aromatic heterocycles. The van der Waals surface area contributed by atoms with Crippen LogP contribution in [0.1, 0.15) is 18.4 Å². The summed E-state index contributed by atoms with van der Waals surface area (Å²) >= 11 is 3.40. The van der Waals surface area contributed by atoms with Gasteiger partial charge >= 0.3 is 5.97 Å². The monoisotopic (exact) mass is 337 g/mol. The number of carbonyl (C=O) groups is 2. The zero-order chi connectivity index (χ0) is 14.7. The number of carboxylic acid groups (broad SMARTS) is 1. The number of aryl methyl sites for hydroxylation is 1. The fourth-order valence-electron chi connectivity index (χ4n) is 2.33. The molecule has 1 aliphatic rings. The van der Waals surface area contributed by atoms with Crippen molar-refractivity contribution in [3.8, 4) is 0 Å². The zero-order valence-corrected chi connectivity index (χ0v) is 12.7. The maximum atomic E-state index is 12.3. The number of amides is 1. The molecule has 0 aliphatic heterocycles.